The van der Waals surface area contributed by atoms with Crippen LogP contribution >= 0.6 is 0 Å². The first-order valence-corrected chi connectivity index (χ1v) is 6.10. The molecule has 0 radical (unpaired) electrons. The summed E-state index contributed by atoms with van der Waals surface area (Å²) in [6.45, 7) is 8.96. The Morgan fingerprint density at radius 3 is 2.67 bits per heavy atom. The number of imidazole rings is 1. The van der Waals surface area contributed by atoms with Crippen LogP contribution in [0.25, 0.3) is 0 Å². The Morgan fingerprint density at radius 2 is 2.13 bits per heavy atom. The van der Waals surface area contributed by atoms with Gasteiger partial charge in [0.1, 0.15) is 5.82 Å². The van der Waals surface area contributed by atoms with Gasteiger partial charge in [0.25, 0.3) is 0 Å². The predicted octanol–water partition coefficient (Wildman–Crippen LogP) is 3.36. The highest BCUT2D eigenvalue weighted by atomic mass is 15.1. The van der Waals surface area contributed by atoms with E-state index in [9.17, 15) is 0 Å². The lowest BCUT2D eigenvalue weighted by Gasteiger charge is -2.34. The molecule has 0 amide bonds. The van der Waals surface area contributed by atoms with Crippen LogP contribution in [0.1, 0.15) is 51.2 Å². The number of hydrogen-bond acceptors (Lipinski definition) is 1. The fraction of sp³-hybridized carbons (Fsp3) is 0.769. The minimum atomic E-state index is 0.697. The molecule has 0 unspecified atom stereocenters. The monoisotopic (exact) mass is 206 g/mol. The van der Waals surface area contributed by atoms with Crippen LogP contribution in [-0.2, 0) is 6.42 Å². The van der Waals surface area contributed by atoms with Crippen molar-refractivity contribution in [2.24, 2.45) is 11.8 Å². The van der Waals surface area contributed by atoms with Crippen molar-refractivity contribution >= 4 is 0 Å². The standard InChI is InChI=1S/C13H22N2/c1-9(2)5-13-14-11(4)8-15(13)12-6-10(3)7-12/h8-10,12H,5-7H2,1-4H3. The number of aryl methyl sites for hydroxylation is 1. The van der Waals surface area contributed by atoms with Gasteiger partial charge in [0.15, 0.2) is 0 Å². The summed E-state index contributed by atoms with van der Waals surface area (Å²) in [6, 6.07) is 0.731. The maximum atomic E-state index is 4.64. The summed E-state index contributed by atoms with van der Waals surface area (Å²) in [5.41, 5.74) is 1.17. The fourth-order valence-corrected chi connectivity index (χ4v) is 2.49. The van der Waals surface area contributed by atoms with Crippen molar-refractivity contribution in [1.82, 2.24) is 9.55 Å². The van der Waals surface area contributed by atoms with Crippen LogP contribution in [0.15, 0.2) is 6.20 Å². The van der Waals surface area contributed by atoms with E-state index in [1.165, 1.54) is 24.4 Å². The molecule has 1 fully saturated rings. The minimum Gasteiger partial charge on any atom is -0.332 e. The quantitative estimate of drug-likeness (QED) is 0.741. The summed E-state index contributed by atoms with van der Waals surface area (Å²) in [7, 11) is 0. The van der Waals surface area contributed by atoms with Gasteiger partial charge in [-0.2, -0.15) is 0 Å². The largest absolute Gasteiger partial charge is 0.332 e. The third kappa shape index (κ3) is 2.24. The Labute approximate surface area is 92.7 Å². The van der Waals surface area contributed by atoms with Crippen LogP contribution in [0.2, 0.25) is 0 Å². The molecule has 2 heteroatoms. The molecular weight excluding hydrogens is 184 g/mol. The number of nitrogens with zero attached hydrogens (tertiary/aromatic N) is 2. The molecule has 1 aliphatic carbocycles. The van der Waals surface area contributed by atoms with Crippen molar-refractivity contribution < 1.29 is 0 Å². The molecule has 1 aromatic rings. The zero-order chi connectivity index (χ0) is 11.0. The average molecular weight is 206 g/mol. The number of aromatic nitrogens is 2. The molecule has 1 aromatic heterocycles. The van der Waals surface area contributed by atoms with Crippen molar-refractivity contribution in [2.45, 2.75) is 53.0 Å². The summed E-state index contributed by atoms with van der Waals surface area (Å²) in [5.74, 6) is 2.90. The van der Waals surface area contributed by atoms with Crippen LogP contribution < -0.4 is 0 Å². The van der Waals surface area contributed by atoms with Gasteiger partial charge in [-0.3, -0.25) is 0 Å². The van der Waals surface area contributed by atoms with E-state index >= 15 is 0 Å². The highest BCUT2D eigenvalue weighted by Gasteiger charge is 2.28. The second kappa shape index (κ2) is 3.99. The fourth-order valence-electron chi connectivity index (χ4n) is 2.49. The first kappa shape index (κ1) is 10.7. The van der Waals surface area contributed by atoms with E-state index in [-0.39, 0.29) is 0 Å². The van der Waals surface area contributed by atoms with Crippen molar-refractivity contribution in [3.63, 3.8) is 0 Å². The molecule has 1 aliphatic rings. The molecule has 84 valence electrons. The number of rotatable bonds is 3. The van der Waals surface area contributed by atoms with Gasteiger partial charge in [0.2, 0.25) is 0 Å². The number of hydrogen-bond donors (Lipinski definition) is 0. The molecule has 15 heavy (non-hydrogen) atoms. The third-order valence-corrected chi connectivity index (χ3v) is 3.26. The molecule has 2 rings (SSSR count). The van der Waals surface area contributed by atoms with Crippen LogP contribution in [0, 0.1) is 18.8 Å². The van der Waals surface area contributed by atoms with Crippen LogP contribution in [-0.4, -0.2) is 9.55 Å². The van der Waals surface area contributed by atoms with E-state index in [0.29, 0.717) is 5.92 Å². The second-order valence-corrected chi connectivity index (χ2v) is 5.53. The summed E-state index contributed by atoms with van der Waals surface area (Å²) >= 11 is 0. The zero-order valence-corrected chi connectivity index (χ0v) is 10.3. The molecule has 0 saturated heterocycles. The minimum absolute atomic E-state index is 0.697. The Balaban J connectivity index is 2.14. The molecule has 0 aromatic carbocycles. The summed E-state index contributed by atoms with van der Waals surface area (Å²) in [6.07, 6.45) is 6.01. The lowest BCUT2D eigenvalue weighted by Crippen LogP contribution is -2.26. The first-order chi connectivity index (χ1) is 7.06. The van der Waals surface area contributed by atoms with Crippen LogP contribution in [0.4, 0.5) is 0 Å². The van der Waals surface area contributed by atoms with E-state index in [2.05, 4.69) is 43.4 Å². The third-order valence-electron chi connectivity index (χ3n) is 3.26. The Kier molecular flexibility index (Phi) is 2.85. The molecule has 2 nitrogen and oxygen atoms in total. The van der Waals surface area contributed by atoms with Gasteiger partial charge in [0.05, 0.1) is 5.69 Å². The van der Waals surface area contributed by atoms with Crippen molar-refractivity contribution in [2.75, 3.05) is 0 Å². The van der Waals surface area contributed by atoms with Crippen LogP contribution in [0.3, 0.4) is 0 Å². The van der Waals surface area contributed by atoms with Crippen molar-refractivity contribution in [3.8, 4) is 0 Å². The molecule has 0 aliphatic heterocycles. The van der Waals surface area contributed by atoms with Crippen LogP contribution in [0.5, 0.6) is 0 Å². The smallest absolute Gasteiger partial charge is 0.109 e. The van der Waals surface area contributed by atoms with Gasteiger partial charge in [-0.1, -0.05) is 20.8 Å². The highest BCUT2D eigenvalue weighted by Crippen LogP contribution is 2.38. The molecule has 0 N–H and O–H groups in total. The maximum absolute atomic E-state index is 4.64. The molecular formula is C13H22N2. The SMILES string of the molecule is Cc1cn(C2CC(C)C2)c(CC(C)C)n1. The zero-order valence-electron chi connectivity index (χ0n) is 10.3. The maximum Gasteiger partial charge on any atom is 0.109 e. The van der Waals surface area contributed by atoms with Gasteiger partial charge < -0.3 is 4.57 Å². The lowest BCUT2D eigenvalue weighted by atomic mass is 9.81. The van der Waals surface area contributed by atoms with E-state index in [1.54, 1.807) is 0 Å². The summed E-state index contributed by atoms with van der Waals surface area (Å²) < 4.78 is 2.43. The molecule has 1 saturated carbocycles. The van der Waals surface area contributed by atoms with Gasteiger partial charge in [-0.05, 0) is 31.6 Å². The Morgan fingerprint density at radius 1 is 1.47 bits per heavy atom. The van der Waals surface area contributed by atoms with E-state index in [0.717, 1.165) is 18.4 Å². The van der Waals surface area contributed by atoms with Gasteiger partial charge in [0, 0.05) is 18.7 Å². The van der Waals surface area contributed by atoms with E-state index in [4.69, 9.17) is 0 Å². The first-order valence-electron chi connectivity index (χ1n) is 6.10. The van der Waals surface area contributed by atoms with Gasteiger partial charge in [-0.25, -0.2) is 4.98 Å². The highest BCUT2D eigenvalue weighted by molar-refractivity contribution is 5.06. The molecule has 0 atom stereocenters. The summed E-state index contributed by atoms with van der Waals surface area (Å²) in [5, 5.41) is 0. The molecule has 0 spiro atoms. The predicted molar refractivity (Wildman–Crippen MR) is 62.9 cm³/mol. The second-order valence-electron chi connectivity index (χ2n) is 5.53. The topological polar surface area (TPSA) is 17.8 Å². The van der Waals surface area contributed by atoms with E-state index in [1.807, 2.05) is 0 Å². The van der Waals surface area contributed by atoms with Crippen molar-refractivity contribution in [1.29, 1.82) is 0 Å². The average Bonchev–Trinajstić information content (AvgIpc) is 2.40. The molecule has 0 bridgehead atoms. The van der Waals surface area contributed by atoms with Gasteiger partial charge >= 0.3 is 0 Å². The van der Waals surface area contributed by atoms with Gasteiger partial charge in [-0.15, -0.1) is 0 Å². The van der Waals surface area contributed by atoms with E-state index < -0.39 is 0 Å². The Bertz CT molecular complexity index is 332. The Hall–Kier alpha value is -0.790. The normalized spacial score (nSPS) is 25.7. The van der Waals surface area contributed by atoms with Crippen molar-refractivity contribution in [3.05, 3.63) is 17.7 Å². The molecule has 1 heterocycles. The lowest BCUT2D eigenvalue weighted by molar-refractivity contribution is 0.210. The summed E-state index contributed by atoms with van der Waals surface area (Å²) in [4.78, 5) is 4.64.